The Morgan fingerprint density at radius 1 is 0.967 bits per heavy atom. The molecular weight excluding hydrogens is 375 g/mol. The van der Waals surface area contributed by atoms with E-state index in [1.807, 2.05) is 0 Å². The van der Waals surface area contributed by atoms with Gasteiger partial charge in [0, 0.05) is 18.3 Å². The number of fused-ring (bicyclic) bond motifs is 6. The lowest BCUT2D eigenvalue weighted by Gasteiger charge is -2.61. The summed E-state index contributed by atoms with van der Waals surface area (Å²) in [5, 5.41) is -0.139. The third-order valence-electron chi connectivity index (χ3n) is 10.4. The monoisotopic (exact) mass is 414 g/mol. The Morgan fingerprint density at radius 2 is 1.70 bits per heavy atom. The maximum atomic E-state index is 13.4. The Kier molecular flexibility index (Phi) is 4.71. The van der Waals surface area contributed by atoms with Crippen LogP contribution in [0.1, 0.15) is 92.4 Å². The van der Waals surface area contributed by atoms with Crippen LogP contribution in [0.25, 0.3) is 0 Å². The first-order valence-electron chi connectivity index (χ1n) is 12.4. The van der Waals surface area contributed by atoms with Gasteiger partial charge in [-0.3, -0.25) is 9.59 Å². The van der Waals surface area contributed by atoms with Gasteiger partial charge < -0.3 is 9.31 Å². The summed E-state index contributed by atoms with van der Waals surface area (Å²) in [7, 11) is -0.318. The molecule has 4 saturated carbocycles. The Morgan fingerprint density at radius 3 is 2.43 bits per heavy atom. The molecule has 1 saturated heterocycles. The van der Waals surface area contributed by atoms with Crippen LogP contribution in [-0.2, 0) is 18.9 Å². The normalized spacial score (nSPS) is 49.0. The Hall–Kier alpha value is -0.675. The van der Waals surface area contributed by atoms with E-state index in [1.54, 1.807) is 0 Å². The highest BCUT2D eigenvalue weighted by Gasteiger charge is 2.69. The van der Waals surface area contributed by atoms with Crippen molar-refractivity contribution in [2.75, 3.05) is 6.61 Å². The number of ketones is 2. The minimum absolute atomic E-state index is 0.0911. The van der Waals surface area contributed by atoms with Gasteiger partial charge in [-0.2, -0.15) is 0 Å². The minimum atomic E-state index is -0.668. The van der Waals surface area contributed by atoms with Crippen LogP contribution in [0.5, 0.6) is 0 Å². The van der Waals surface area contributed by atoms with Crippen LogP contribution in [0.4, 0.5) is 0 Å². The molecule has 0 bridgehead atoms. The second-order valence-electron chi connectivity index (χ2n) is 12.8. The highest BCUT2D eigenvalue weighted by molar-refractivity contribution is 6.49. The van der Waals surface area contributed by atoms with Crippen molar-refractivity contribution in [1.29, 1.82) is 0 Å². The van der Waals surface area contributed by atoms with Crippen LogP contribution in [0.15, 0.2) is 0 Å². The molecule has 5 rings (SSSR count). The van der Waals surface area contributed by atoms with Crippen molar-refractivity contribution in [3.05, 3.63) is 0 Å². The lowest BCUT2D eigenvalue weighted by atomic mass is 9.44. The highest BCUT2D eigenvalue weighted by atomic mass is 16.6. The zero-order valence-electron chi connectivity index (χ0n) is 19.6. The maximum absolute atomic E-state index is 13.4. The van der Waals surface area contributed by atoms with Crippen molar-refractivity contribution < 1.29 is 18.9 Å². The van der Waals surface area contributed by atoms with E-state index in [4.69, 9.17) is 9.31 Å². The lowest BCUT2D eigenvalue weighted by molar-refractivity contribution is -0.177. The average molecular weight is 414 g/mol. The summed E-state index contributed by atoms with van der Waals surface area (Å²) in [5.41, 5.74) is -0.451. The van der Waals surface area contributed by atoms with Crippen molar-refractivity contribution in [2.24, 2.45) is 34.5 Å². The summed E-state index contributed by atoms with van der Waals surface area (Å²) in [6, 6.07) is 0. The predicted molar refractivity (Wildman–Crippen MR) is 117 cm³/mol. The highest BCUT2D eigenvalue weighted by Crippen LogP contribution is 2.69. The van der Waals surface area contributed by atoms with Gasteiger partial charge >= 0.3 is 7.12 Å². The Balaban J connectivity index is 1.46. The molecule has 166 valence electrons. The minimum Gasteiger partial charge on any atom is -0.403 e. The number of carbonyl (C=O) groups excluding carboxylic acids is 2. The molecule has 30 heavy (non-hydrogen) atoms. The van der Waals surface area contributed by atoms with Gasteiger partial charge in [-0.05, 0) is 79.3 Å². The van der Waals surface area contributed by atoms with Gasteiger partial charge in [0.1, 0.15) is 11.4 Å². The van der Waals surface area contributed by atoms with Crippen molar-refractivity contribution in [3.8, 4) is 0 Å². The molecule has 0 aromatic carbocycles. The molecule has 5 fully saturated rings. The van der Waals surface area contributed by atoms with Crippen LogP contribution in [-0.4, -0.2) is 30.9 Å². The van der Waals surface area contributed by atoms with E-state index in [9.17, 15) is 9.59 Å². The molecular formula is C25H39BO4. The van der Waals surface area contributed by atoms with E-state index >= 15 is 0 Å². The summed E-state index contributed by atoms with van der Waals surface area (Å²) in [6.45, 7) is 11.5. The number of rotatable bonds is 0. The van der Waals surface area contributed by atoms with Gasteiger partial charge in [0.25, 0.3) is 0 Å². The predicted octanol–water partition coefficient (Wildman–Crippen LogP) is 5.24. The molecule has 0 aromatic rings. The first kappa shape index (κ1) is 21.2. The summed E-state index contributed by atoms with van der Waals surface area (Å²) >= 11 is 0. The van der Waals surface area contributed by atoms with Gasteiger partial charge in [0.15, 0.2) is 5.78 Å². The van der Waals surface area contributed by atoms with E-state index in [2.05, 4.69) is 34.6 Å². The molecule has 4 aliphatic carbocycles. The Labute approximate surface area is 182 Å². The quantitative estimate of drug-likeness (QED) is 0.509. The number of Topliss-reactive ketones (excluding diaryl/α,β-unsaturated/α-hetero) is 2. The van der Waals surface area contributed by atoms with E-state index in [0.717, 1.165) is 38.5 Å². The van der Waals surface area contributed by atoms with Crippen molar-refractivity contribution in [3.63, 3.8) is 0 Å². The molecule has 1 aliphatic heterocycles. The first-order valence-corrected chi connectivity index (χ1v) is 12.4. The largest absolute Gasteiger partial charge is 0.463 e. The fourth-order valence-electron chi connectivity index (χ4n) is 8.67. The molecule has 0 N–H and O–H groups in total. The first-order chi connectivity index (χ1) is 14.0. The molecule has 0 aromatic heterocycles. The molecule has 5 aliphatic rings. The van der Waals surface area contributed by atoms with Crippen LogP contribution in [0.3, 0.4) is 0 Å². The SMILES string of the molecule is CC(C)(C)B1OCC(=O)C2(CCC3C4CCC5CC(=O)CCC5(C)C4CCC32C)O1. The van der Waals surface area contributed by atoms with Crippen LogP contribution >= 0.6 is 0 Å². The van der Waals surface area contributed by atoms with Crippen molar-refractivity contribution >= 4 is 18.7 Å². The van der Waals surface area contributed by atoms with E-state index < -0.39 is 5.60 Å². The van der Waals surface area contributed by atoms with Crippen LogP contribution in [0, 0.1) is 34.5 Å². The standard InChI is InChI=1S/C25H39BO4/c1-22(2,3)26-29-15-21(28)25(30-26)13-10-20-18-7-6-16-14-17(27)8-11-23(16,4)19(18)9-12-24(20,25)5/h16,18-20H,6-15H2,1-5H3. The van der Waals surface area contributed by atoms with Gasteiger partial charge in [0.2, 0.25) is 0 Å². The molecule has 1 spiro atoms. The van der Waals surface area contributed by atoms with Crippen molar-refractivity contribution in [2.45, 2.75) is 103 Å². The number of hydrogen-bond acceptors (Lipinski definition) is 4. The molecule has 4 nitrogen and oxygen atoms in total. The lowest BCUT2D eigenvalue weighted by Crippen LogP contribution is -2.64. The summed E-state index contributed by atoms with van der Waals surface area (Å²) in [6.07, 6.45) is 9.25. The number of hydrogen-bond donors (Lipinski definition) is 0. The third-order valence-corrected chi connectivity index (χ3v) is 10.4. The van der Waals surface area contributed by atoms with Crippen molar-refractivity contribution in [1.82, 2.24) is 0 Å². The number of carbonyl (C=O) groups is 2. The van der Waals surface area contributed by atoms with E-state index in [-0.39, 0.29) is 30.2 Å². The Bertz CT molecular complexity index is 759. The summed E-state index contributed by atoms with van der Waals surface area (Å²) in [4.78, 5) is 25.5. The topological polar surface area (TPSA) is 52.6 Å². The zero-order valence-corrected chi connectivity index (χ0v) is 19.6. The second-order valence-corrected chi connectivity index (χ2v) is 12.8. The van der Waals surface area contributed by atoms with E-state index in [1.165, 1.54) is 19.3 Å². The molecule has 5 heteroatoms. The molecule has 1 heterocycles. The van der Waals surface area contributed by atoms with E-state index in [0.29, 0.717) is 34.9 Å². The maximum Gasteiger partial charge on any atom is 0.463 e. The molecule has 7 atom stereocenters. The fourth-order valence-corrected chi connectivity index (χ4v) is 8.67. The van der Waals surface area contributed by atoms with Gasteiger partial charge in [-0.25, -0.2) is 0 Å². The average Bonchev–Trinajstić information content (AvgIpc) is 2.97. The van der Waals surface area contributed by atoms with Gasteiger partial charge in [0.05, 0.1) is 6.61 Å². The zero-order chi connectivity index (χ0) is 21.5. The summed E-state index contributed by atoms with van der Waals surface area (Å²) < 4.78 is 12.6. The van der Waals surface area contributed by atoms with Gasteiger partial charge in [-0.1, -0.05) is 34.6 Å². The van der Waals surface area contributed by atoms with Crippen LogP contribution in [0.2, 0.25) is 5.31 Å². The smallest absolute Gasteiger partial charge is 0.403 e. The summed E-state index contributed by atoms with van der Waals surface area (Å²) in [5.74, 6) is 3.15. The van der Waals surface area contributed by atoms with Gasteiger partial charge in [-0.15, -0.1) is 0 Å². The molecule has 7 unspecified atom stereocenters. The third kappa shape index (κ3) is 2.73. The van der Waals surface area contributed by atoms with Crippen LogP contribution < -0.4 is 0 Å². The molecule has 0 amide bonds. The second kappa shape index (κ2) is 6.67. The fraction of sp³-hybridized carbons (Fsp3) is 0.920. The molecule has 0 radical (unpaired) electrons.